The molecule has 5 aromatic rings. The van der Waals surface area contributed by atoms with Gasteiger partial charge in [-0.1, -0.05) is 84.1 Å². The molecular weight excluding hydrogens is 440 g/mol. The van der Waals surface area contributed by atoms with Crippen LogP contribution in [0.5, 0.6) is 0 Å². The molecule has 5 nitrogen and oxygen atoms in total. The third-order valence-corrected chi connectivity index (χ3v) is 6.44. The molecule has 34 heavy (non-hydrogen) atoms. The average Bonchev–Trinajstić information content (AvgIpc) is 3.33. The minimum absolute atomic E-state index is 0.0496. The van der Waals surface area contributed by atoms with Crippen molar-refractivity contribution in [2.45, 2.75) is 12.1 Å². The third-order valence-electron chi connectivity index (χ3n) is 5.51. The van der Waals surface area contributed by atoms with E-state index in [1.54, 1.807) is 12.4 Å². The molecule has 166 valence electrons. The lowest BCUT2D eigenvalue weighted by Crippen LogP contribution is -2.05. The topological polar surface area (TPSA) is 60.7 Å². The minimum atomic E-state index is 0.0496. The van der Waals surface area contributed by atoms with Crippen molar-refractivity contribution >= 4 is 17.5 Å². The summed E-state index contributed by atoms with van der Waals surface area (Å²) in [6.45, 7) is 2.05. The summed E-state index contributed by atoms with van der Waals surface area (Å²) in [5.41, 5.74) is 5.94. The highest BCUT2D eigenvalue weighted by molar-refractivity contribution is 7.99. The van der Waals surface area contributed by atoms with E-state index in [4.69, 9.17) is 0 Å². The second kappa shape index (κ2) is 9.85. The van der Waals surface area contributed by atoms with E-state index in [1.807, 2.05) is 71.3 Å². The van der Waals surface area contributed by atoms with Crippen LogP contribution < -0.4 is 0 Å². The van der Waals surface area contributed by atoms with Crippen LogP contribution in [-0.4, -0.2) is 31.3 Å². The van der Waals surface area contributed by atoms with E-state index in [9.17, 15) is 4.79 Å². The summed E-state index contributed by atoms with van der Waals surface area (Å²) in [6, 6.07) is 29.9. The van der Waals surface area contributed by atoms with Gasteiger partial charge in [0, 0.05) is 29.2 Å². The summed E-state index contributed by atoms with van der Waals surface area (Å²) >= 11 is 1.39. The van der Waals surface area contributed by atoms with Crippen LogP contribution in [0.15, 0.2) is 109 Å². The Labute approximate surface area is 202 Å². The Balaban J connectivity index is 1.39. The number of hydrogen-bond acceptors (Lipinski definition) is 5. The van der Waals surface area contributed by atoms with Crippen LogP contribution in [-0.2, 0) is 0 Å². The Morgan fingerprint density at radius 1 is 0.765 bits per heavy atom. The van der Waals surface area contributed by atoms with E-state index in [2.05, 4.69) is 46.4 Å². The number of Topliss-reactive ketones (excluding diaryl/α,β-unsaturated/α-hetero) is 1. The number of aryl methyl sites for hydroxylation is 1. The predicted molar refractivity (Wildman–Crippen MR) is 136 cm³/mol. The number of thioether (sulfide) groups is 1. The SMILES string of the molecule is Cc1ccc(-n2c(SCC(=O)c3ccc(-c4ccccc4)cc3)nnc2-c2ccncc2)cc1. The first-order valence-corrected chi connectivity index (χ1v) is 11.9. The van der Waals surface area contributed by atoms with Crippen LogP contribution in [0, 0.1) is 6.92 Å². The lowest BCUT2D eigenvalue weighted by molar-refractivity contribution is 0.102. The summed E-state index contributed by atoms with van der Waals surface area (Å²) in [4.78, 5) is 17.1. The molecule has 5 rings (SSSR count). The number of carbonyl (C=O) groups is 1. The third kappa shape index (κ3) is 4.67. The lowest BCUT2D eigenvalue weighted by Gasteiger charge is -2.10. The number of carbonyl (C=O) groups excluding carboxylic acids is 1. The number of pyridine rings is 1. The van der Waals surface area contributed by atoms with Crippen molar-refractivity contribution in [3.05, 3.63) is 115 Å². The van der Waals surface area contributed by atoms with E-state index in [0.29, 0.717) is 16.5 Å². The first-order chi connectivity index (χ1) is 16.7. The maximum Gasteiger partial charge on any atom is 0.196 e. The van der Waals surface area contributed by atoms with Gasteiger partial charge in [-0.15, -0.1) is 10.2 Å². The van der Waals surface area contributed by atoms with Crippen LogP contribution in [0.1, 0.15) is 15.9 Å². The van der Waals surface area contributed by atoms with Crippen molar-refractivity contribution in [3.63, 3.8) is 0 Å². The van der Waals surface area contributed by atoms with Crippen molar-refractivity contribution in [1.82, 2.24) is 19.7 Å². The molecule has 0 spiro atoms. The van der Waals surface area contributed by atoms with Gasteiger partial charge in [0.15, 0.2) is 16.8 Å². The number of ketones is 1. The number of nitrogens with zero attached hydrogens (tertiary/aromatic N) is 4. The van der Waals surface area contributed by atoms with Crippen molar-refractivity contribution in [2.75, 3.05) is 5.75 Å². The average molecular weight is 463 g/mol. The maximum absolute atomic E-state index is 12.9. The molecule has 3 aromatic carbocycles. The van der Waals surface area contributed by atoms with E-state index in [0.717, 1.165) is 22.4 Å². The van der Waals surface area contributed by atoms with E-state index in [-0.39, 0.29) is 11.5 Å². The molecule has 0 aliphatic heterocycles. The molecule has 6 heteroatoms. The second-order valence-corrected chi connectivity index (χ2v) is 8.81. The Morgan fingerprint density at radius 2 is 1.44 bits per heavy atom. The minimum Gasteiger partial charge on any atom is -0.293 e. The molecular formula is C28H22N4OS. The van der Waals surface area contributed by atoms with Gasteiger partial charge < -0.3 is 0 Å². The number of benzene rings is 3. The molecule has 0 aliphatic carbocycles. The van der Waals surface area contributed by atoms with E-state index in [1.165, 1.54) is 17.3 Å². The quantitative estimate of drug-likeness (QED) is 0.210. The van der Waals surface area contributed by atoms with Crippen molar-refractivity contribution < 1.29 is 4.79 Å². The van der Waals surface area contributed by atoms with Gasteiger partial charge in [-0.3, -0.25) is 14.3 Å². The fourth-order valence-electron chi connectivity index (χ4n) is 3.67. The first-order valence-electron chi connectivity index (χ1n) is 10.9. The first kappa shape index (κ1) is 21.8. The molecule has 0 amide bonds. The zero-order valence-electron chi connectivity index (χ0n) is 18.6. The van der Waals surface area contributed by atoms with Crippen LogP contribution >= 0.6 is 11.8 Å². The zero-order valence-corrected chi connectivity index (χ0v) is 19.4. The number of aromatic nitrogens is 4. The highest BCUT2D eigenvalue weighted by atomic mass is 32.2. The van der Waals surface area contributed by atoms with E-state index >= 15 is 0 Å². The van der Waals surface area contributed by atoms with Crippen LogP contribution in [0.3, 0.4) is 0 Å². The molecule has 0 saturated heterocycles. The number of rotatable bonds is 7. The van der Waals surface area contributed by atoms with Gasteiger partial charge in [-0.25, -0.2) is 0 Å². The maximum atomic E-state index is 12.9. The van der Waals surface area contributed by atoms with Crippen LogP contribution in [0.2, 0.25) is 0 Å². The Morgan fingerprint density at radius 3 is 2.15 bits per heavy atom. The number of hydrogen-bond donors (Lipinski definition) is 0. The lowest BCUT2D eigenvalue weighted by atomic mass is 10.0. The molecule has 0 radical (unpaired) electrons. The normalized spacial score (nSPS) is 10.9. The van der Waals surface area contributed by atoms with E-state index < -0.39 is 0 Å². The second-order valence-electron chi connectivity index (χ2n) is 7.87. The Hall–Kier alpha value is -4.03. The summed E-state index contributed by atoms with van der Waals surface area (Å²) in [6.07, 6.45) is 3.47. The van der Waals surface area contributed by atoms with Crippen molar-refractivity contribution in [2.24, 2.45) is 0 Å². The summed E-state index contributed by atoms with van der Waals surface area (Å²) in [7, 11) is 0. The molecule has 0 atom stereocenters. The van der Waals surface area contributed by atoms with Crippen LogP contribution in [0.4, 0.5) is 0 Å². The van der Waals surface area contributed by atoms with Gasteiger partial charge in [0.25, 0.3) is 0 Å². The monoisotopic (exact) mass is 462 g/mol. The molecule has 0 saturated carbocycles. The molecule has 0 unspecified atom stereocenters. The summed E-state index contributed by atoms with van der Waals surface area (Å²) in [5.74, 6) is 1.03. The van der Waals surface area contributed by atoms with Gasteiger partial charge >= 0.3 is 0 Å². The van der Waals surface area contributed by atoms with Crippen LogP contribution in [0.25, 0.3) is 28.2 Å². The van der Waals surface area contributed by atoms with Gasteiger partial charge in [0.1, 0.15) is 0 Å². The summed E-state index contributed by atoms with van der Waals surface area (Å²) in [5, 5.41) is 9.52. The molecule has 0 aliphatic rings. The highest BCUT2D eigenvalue weighted by Crippen LogP contribution is 2.28. The van der Waals surface area contributed by atoms with Gasteiger partial charge in [0.2, 0.25) is 0 Å². The summed E-state index contributed by atoms with van der Waals surface area (Å²) < 4.78 is 1.99. The fourth-order valence-corrected chi connectivity index (χ4v) is 4.52. The highest BCUT2D eigenvalue weighted by Gasteiger charge is 2.18. The van der Waals surface area contributed by atoms with Crippen molar-refractivity contribution in [1.29, 1.82) is 0 Å². The predicted octanol–water partition coefficient (Wildman–Crippen LogP) is 6.28. The van der Waals surface area contributed by atoms with Crippen molar-refractivity contribution in [3.8, 4) is 28.2 Å². The largest absolute Gasteiger partial charge is 0.293 e. The fraction of sp³-hybridized carbons (Fsp3) is 0.0714. The van der Waals surface area contributed by atoms with Gasteiger partial charge in [0.05, 0.1) is 5.75 Å². The Kier molecular flexibility index (Phi) is 6.31. The molecule has 2 aromatic heterocycles. The standard InChI is InChI=1S/C28H22N4OS/c1-20-7-13-25(14-8-20)32-27(24-15-17-29-18-16-24)30-31-28(32)34-19-26(33)23-11-9-22(10-12-23)21-5-3-2-4-6-21/h2-18H,19H2,1H3. The molecule has 0 fully saturated rings. The smallest absolute Gasteiger partial charge is 0.196 e. The zero-order chi connectivity index (χ0) is 23.3. The molecule has 0 N–H and O–H groups in total. The Bertz CT molecular complexity index is 1400. The molecule has 2 heterocycles. The van der Waals surface area contributed by atoms with Gasteiger partial charge in [-0.05, 0) is 42.3 Å². The van der Waals surface area contributed by atoms with Gasteiger partial charge in [-0.2, -0.15) is 0 Å². The molecule has 0 bridgehead atoms.